The van der Waals surface area contributed by atoms with E-state index in [1.165, 1.54) is 36.8 Å². The highest BCUT2D eigenvalue weighted by Crippen LogP contribution is 2.23. The van der Waals surface area contributed by atoms with Crippen molar-refractivity contribution in [3.63, 3.8) is 0 Å². The summed E-state index contributed by atoms with van der Waals surface area (Å²) in [5.74, 6) is -1.27. The first kappa shape index (κ1) is 20.0. The zero-order chi connectivity index (χ0) is 21.1. The van der Waals surface area contributed by atoms with Crippen LogP contribution in [-0.2, 0) is 4.74 Å². The second-order valence-electron chi connectivity index (χ2n) is 6.55. The Bertz CT molecular complexity index is 1060. The molecule has 0 radical (unpaired) electrons. The molecule has 3 aromatic rings. The fraction of sp³-hybridized carbons (Fsp3) is 0.200. The van der Waals surface area contributed by atoms with E-state index >= 15 is 0 Å². The summed E-state index contributed by atoms with van der Waals surface area (Å²) >= 11 is 5.95. The number of morpholine rings is 1. The number of aromatic amines is 1. The van der Waals surface area contributed by atoms with E-state index in [1.807, 2.05) is 4.90 Å². The van der Waals surface area contributed by atoms with Gasteiger partial charge in [-0.3, -0.25) is 9.59 Å². The second-order valence-corrected chi connectivity index (χ2v) is 6.96. The van der Waals surface area contributed by atoms with E-state index in [9.17, 15) is 14.0 Å². The maximum absolute atomic E-state index is 14.0. The summed E-state index contributed by atoms with van der Waals surface area (Å²) in [5, 5.41) is 2.66. The molecule has 0 spiro atoms. The summed E-state index contributed by atoms with van der Waals surface area (Å²) in [4.78, 5) is 38.3. The Labute approximate surface area is 176 Å². The van der Waals surface area contributed by atoms with Crippen LogP contribution in [-0.4, -0.2) is 52.9 Å². The third kappa shape index (κ3) is 4.17. The number of ketones is 1. The number of ether oxygens (including phenoxy) is 1. The first-order valence-electron chi connectivity index (χ1n) is 9.16. The van der Waals surface area contributed by atoms with Gasteiger partial charge in [-0.25, -0.2) is 14.4 Å². The lowest BCUT2D eigenvalue weighted by molar-refractivity contribution is 0.102. The molecule has 0 atom stereocenters. The van der Waals surface area contributed by atoms with Gasteiger partial charge in [-0.15, -0.1) is 0 Å². The normalized spacial score (nSPS) is 13.9. The van der Waals surface area contributed by atoms with Crippen molar-refractivity contribution in [3.8, 4) is 0 Å². The molecule has 154 valence electrons. The standard InChI is InChI=1S/C20H17ClFN5O3/c21-14-2-1-3-15(22)17(14)18(28)12-8-16(23-9-12)19(29)26-13-10-24-20(25-11-13)27-4-6-30-7-5-27/h1-3,8-11,23H,4-7H2,(H,26,29). The van der Waals surface area contributed by atoms with E-state index in [1.54, 1.807) is 0 Å². The smallest absolute Gasteiger partial charge is 0.272 e. The summed E-state index contributed by atoms with van der Waals surface area (Å²) < 4.78 is 19.3. The highest BCUT2D eigenvalue weighted by Gasteiger charge is 2.20. The molecule has 10 heteroatoms. The minimum absolute atomic E-state index is 0.00436. The highest BCUT2D eigenvalue weighted by atomic mass is 35.5. The van der Waals surface area contributed by atoms with E-state index < -0.39 is 17.5 Å². The fourth-order valence-electron chi connectivity index (χ4n) is 3.03. The van der Waals surface area contributed by atoms with Gasteiger partial charge < -0.3 is 19.9 Å². The van der Waals surface area contributed by atoms with Crippen LogP contribution in [0.15, 0.2) is 42.9 Å². The van der Waals surface area contributed by atoms with Gasteiger partial charge >= 0.3 is 0 Å². The fourth-order valence-corrected chi connectivity index (χ4v) is 3.28. The van der Waals surface area contributed by atoms with Gasteiger partial charge in [0.05, 0.1) is 41.9 Å². The lowest BCUT2D eigenvalue weighted by atomic mass is 10.1. The predicted octanol–water partition coefficient (Wildman–Crippen LogP) is 2.92. The number of amides is 1. The van der Waals surface area contributed by atoms with Crippen molar-refractivity contribution in [2.75, 3.05) is 36.5 Å². The Hall–Kier alpha value is -3.30. The Morgan fingerprint density at radius 2 is 1.93 bits per heavy atom. The summed E-state index contributed by atoms with van der Waals surface area (Å²) in [6.45, 7) is 2.65. The number of hydrogen-bond donors (Lipinski definition) is 2. The number of aromatic nitrogens is 3. The van der Waals surface area contributed by atoms with Gasteiger partial charge in [0.25, 0.3) is 5.91 Å². The average Bonchev–Trinajstić information content (AvgIpc) is 3.25. The Morgan fingerprint density at radius 1 is 1.20 bits per heavy atom. The zero-order valence-corrected chi connectivity index (χ0v) is 16.4. The van der Waals surface area contributed by atoms with Gasteiger partial charge in [0.2, 0.25) is 5.95 Å². The molecule has 1 aliphatic rings. The van der Waals surface area contributed by atoms with Gasteiger partial charge in [0, 0.05) is 24.8 Å². The third-order valence-electron chi connectivity index (χ3n) is 4.57. The Kier molecular flexibility index (Phi) is 5.73. The lowest BCUT2D eigenvalue weighted by Crippen LogP contribution is -2.37. The average molecular weight is 430 g/mol. The number of benzene rings is 1. The van der Waals surface area contributed by atoms with Crippen molar-refractivity contribution in [2.24, 2.45) is 0 Å². The van der Waals surface area contributed by atoms with Gasteiger partial charge in [0.15, 0.2) is 5.78 Å². The van der Waals surface area contributed by atoms with Crippen LogP contribution >= 0.6 is 11.6 Å². The summed E-state index contributed by atoms with van der Waals surface area (Å²) in [6.07, 6.45) is 4.34. The molecule has 1 amide bonds. The number of rotatable bonds is 5. The molecule has 0 aliphatic carbocycles. The molecule has 3 heterocycles. The molecule has 30 heavy (non-hydrogen) atoms. The molecule has 4 rings (SSSR count). The molecule has 0 bridgehead atoms. The van der Waals surface area contributed by atoms with Gasteiger partial charge in [-0.2, -0.15) is 0 Å². The summed E-state index contributed by atoms with van der Waals surface area (Å²) in [5.41, 5.74) is 0.406. The zero-order valence-electron chi connectivity index (χ0n) is 15.7. The van der Waals surface area contributed by atoms with Crippen LogP contribution in [0.25, 0.3) is 0 Å². The van der Waals surface area contributed by atoms with Gasteiger partial charge in [-0.1, -0.05) is 17.7 Å². The first-order valence-corrected chi connectivity index (χ1v) is 9.54. The molecular weight excluding hydrogens is 413 g/mol. The monoisotopic (exact) mass is 429 g/mol. The van der Waals surface area contributed by atoms with E-state index in [-0.39, 0.29) is 21.8 Å². The highest BCUT2D eigenvalue weighted by molar-refractivity contribution is 6.35. The number of hydrogen-bond acceptors (Lipinski definition) is 6. The van der Waals surface area contributed by atoms with Crippen molar-refractivity contribution in [1.29, 1.82) is 0 Å². The van der Waals surface area contributed by atoms with Crippen molar-refractivity contribution in [3.05, 3.63) is 70.5 Å². The summed E-state index contributed by atoms with van der Waals surface area (Å²) in [6, 6.07) is 5.33. The molecule has 1 aliphatic heterocycles. The predicted molar refractivity (Wildman–Crippen MR) is 109 cm³/mol. The number of carbonyl (C=O) groups excluding carboxylic acids is 2. The van der Waals surface area contributed by atoms with Crippen LogP contribution in [0, 0.1) is 5.82 Å². The Balaban J connectivity index is 1.45. The molecule has 8 nitrogen and oxygen atoms in total. The van der Waals surface area contributed by atoms with Crippen LogP contribution in [0.2, 0.25) is 5.02 Å². The SMILES string of the molecule is O=C(Nc1cnc(N2CCOCC2)nc1)c1cc(C(=O)c2c(F)cccc2Cl)c[nH]1. The molecule has 1 aromatic carbocycles. The van der Waals surface area contributed by atoms with Gasteiger partial charge in [-0.05, 0) is 18.2 Å². The van der Waals surface area contributed by atoms with Crippen LogP contribution in [0.3, 0.4) is 0 Å². The summed E-state index contributed by atoms with van der Waals surface area (Å²) in [7, 11) is 0. The van der Waals surface area contributed by atoms with Crippen LogP contribution in [0.4, 0.5) is 16.0 Å². The van der Waals surface area contributed by atoms with Crippen LogP contribution < -0.4 is 10.2 Å². The molecular formula is C20H17ClFN5O3. The lowest BCUT2D eigenvalue weighted by Gasteiger charge is -2.26. The maximum atomic E-state index is 14.0. The minimum atomic E-state index is -0.725. The van der Waals surface area contributed by atoms with Crippen molar-refractivity contribution >= 4 is 34.9 Å². The van der Waals surface area contributed by atoms with E-state index in [4.69, 9.17) is 16.3 Å². The number of anilines is 2. The quantitative estimate of drug-likeness (QED) is 0.605. The third-order valence-corrected chi connectivity index (χ3v) is 4.88. The van der Waals surface area contributed by atoms with Crippen LogP contribution in [0.5, 0.6) is 0 Å². The van der Waals surface area contributed by atoms with Crippen molar-refractivity contribution in [1.82, 2.24) is 15.0 Å². The molecule has 2 aromatic heterocycles. The first-order chi connectivity index (χ1) is 14.5. The molecule has 2 N–H and O–H groups in total. The van der Waals surface area contributed by atoms with E-state index in [0.717, 1.165) is 6.07 Å². The number of carbonyl (C=O) groups is 2. The van der Waals surface area contributed by atoms with Gasteiger partial charge in [0.1, 0.15) is 11.5 Å². The van der Waals surface area contributed by atoms with Crippen LogP contribution in [0.1, 0.15) is 26.4 Å². The minimum Gasteiger partial charge on any atom is -0.378 e. The Morgan fingerprint density at radius 3 is 2.63 bits per heavy atom. The molecule has 0 unspecified atom stereocenters. The molecule has 1 fully saturated rings. The topological polar surface area (TPSA) is 100 Å². The van der Waals surface area contributed by atoms with E-state index in [0.29, 0.717) is 37.9 Å². The molecule has 0 saturated carbocycles. The molecule has 1 saturated heterocycles. The maximum Gasteiger partial charge on any atom is 0.272 e. The number of nitrogens with zero attached hydrogens (tertiary/aromatic N) is 3. The largest absolute Gasteiger partial charge is 0.378 e. The van der Waals surface area contributed by atoms with Crippen molar-refractivity contribution in [2.45, 2.75) is 0 Å². The number of halogens is 2. The van der Waals surface area contributed by atoms with E-state index in [2.05, 4.69) is 20.3 Å². The second kappa shape index (κ2) is 8.60. The number of nitrogens with one attached hydrogen (secondary N) is 2. The number of H-pyrrole nitrogens is 1. The van der Waals surface area contributed by atoms with Crippen molar-refractivity contribution < 1.29 is 18.7 Å².